The quantitative estimate of drug-likeness (QED) is 0.646. The maximum absolute atomic E-state index is 8.80. The predicted molar refractivity (Wildman–Crippen MR) is 41.2 cm³/mol. The first-order valence-corrected chi connectivity index (χ1v) is 4.42. The maximum Gasteiger partial charge on any atom is 0.193 e. The lowest BCUT2D eigenvalue weighted by molar-refractivity contribution is 0.192. The Morgan fingerprint density at radius 3 is 2.82 bits per heavy atom. The van der Waals surface area contributed by atoms with Gasteiger partial charge in [-0.1, -0.05) is 6.42 Å². The Hall–Kier alpha value is -0.440. The molecule has 2 rings (SSSR count). The molecule has 0 amide bonds. The van der Waals surface area contributed by atoms with Crippen LogP contribution < -0.4 is 0 Å². The van der Waals surface area contributed by atoms with Crippen molar-refractivity contribution in [3.63, 3.8) is 0 Å². The zero-order valence-electron chi connectivity index (χ0n) is 6.66. The zero-order chi connectivity index (χ0) is 7.73. The van der Waals surface area contributed by atoms with Crippen molar-refractivity contribution in [1.82, 2.24) is 0 Å². The SMILES string of the molecule is OCCC1CCCCC12N=N2. The first kappa shape index (κ1) is 7.22. The summed E-state index contributed by atoms with van der Waals surface area (Å²) in [7, 11) is 0. The summed E-state index contributed by atoms with van der Waals surface area (Å²) >= 11 is 0. The second-order valence-electron chi connectivity index (χ2n) is 3.53. The Morgan fingerprint density at radius 1 is 1.36 bits per heavy atom. The molecule has 1 aliphatic heterocycles. The minimum absolute atomic E-state index is 0.0129. The van der Waals surface area contributed by atoms with E-state index in [1.165, 1.54) is 19.3 Å². The topological polar surface area (TPSA) is 45.0 Å². The van der Waals surface area contributed by atoms with Crippen LogP contribution in [0.1, 0.15) is 32.1 Å². The van der Waals surface area contributed by atoms with Crippen LogP contribution >= 0.6 is 0 Å². The van der Waals surface area contributed by atoms with Crippen LogP contribution in [0.25, 0.3) is 0 Å². The van der Waals surface area contributed by atoms with Crippen molar-refractivity contribution < 1.29 is 5.11 Å². The summed E-state index contributed by atoms with van der Waals surface area (Å²) in [6.45, 7) is 0.289. The molecule has 3 nitrogen and oxygen atoms in total. The van der Waals surface area contributed by atoms with Crippen LogP contribution in [-0.2, 0) is 0 Å². The highest BCUT2D eigenvalue weighted by molar-refractivity contribution is 5.01. The molecule has 3 heteroatoms. The molecule has 0 aromatic rings. The van der Waals surface area contributed by atoms with Gasteiger partial charge in [-0.3, -0.25) is 0 Å². The van der Waals surface area contributed by atoms with E-state index in [1.54, 1.807) is 0 Å². The fourth-order valence-electron chi connectivity index (χ4n) is 2.07. The summed E-state index contributed by atoms with van der Waals surface area (Å²) < 4.78 is 0. The largest absolute Gasteiger partial charge is 0.396 e. The molecule has 0 radical (unpaired) electrons. The molecule has 11 heavy (non-hydrogen) atoms. The lowest BCUT2D eigenvalue weighted by Gasteiger charge is -2.26. The minimum Gasteiger partial charge on any atom is -0.396 e. The summed E-state index contributed by atoms with van der Waals surface area (Å²) in [4.78, 5) is 0. The molecule has 0 saturated heterocycles. The van der Waals surface area contributed by atoms with E-state index in [2.05, 4.69) is 10.2 Å². The summed E-state index contributed by atoms with van der Waals surface area (Å²) in [5.74, 6) is 0.543. The fourth-order valence-corrected chi connectivity index (χ4v) is 2.07. The van der Waals surface area contributed by atoms with Crippen LogP contribution in [0.3, 0.4) is 0 Å². The van der Waals surface area contributed by atoms with Gasteiger partial charge in [-0.25, -0.2) is 0 Å². The smallest absolute Gasteiger partial charge is 0.193 e. The molecule has 2 aliphatic rings. The third-order valence-electron chi connectivity index (χ3n) is 2.84. The summed E-state index contributed by atoms with van der Waals surface area (Å²) in [5, 5.41) is 17.0. The van der Waals surface area contributed by atoms with Gasteiger partial charge in [0.1, 0.15) is 0 Å². The van der Waals surface area contributed by atoms with E-state index in [0.29, 0.717) is 5.92 Å². The Kier molecular flexibility index (Phi) is 1.68. The van der Waals surface area contributed by atoms with Gasteiger partial charge in [0, 0.05) is 12.5 Å². The first-order valence-electron chi connectivity index (χ1n) is 4.42. The molecule has 0 aromatic carbocycles. The number of hydrogen-bond acceptors (Lipinski definition) is 3. The highest BCUT2D eigenvalue weighted by Gasteiger charge is 2.48. The third kappa shape index (κ3) is 1.18. The van der Waals surface area contributed by atoms with Gasteiger partial charge >= 0.3 is 0 Å². The van der Waals surface area contributed by atoms with Crippen molar-refractivity contribution in [3.8, 4) is 0 Å². The van der Waals surface area contributed by atoms with Crippen LogP contribution in [0.15, 0.2) is 10.2 Å². The first-order chi connectivity index (χ1) is 5.37. The number of aliphatic hydroxyl groups excluding tert-OH is 1. The van der Waals surface area contributed by atoms with Gasteiger partial charge < -0.3 is 5.11 Å². The molecule has 0 bridgehead atoms. The molecule has 1 unspecified atom stereocenters. The van der Waals surface area contributed by atoms with E-state index in [-0.39, 0.29) is 12.3 Å². The molecule has 0 aromatic heterocycles. The van der Waals surface area contributed by atoms with Gasteiger partial charge in [-0.2, -0.15) is 10.2 Å². The van der Waals surface area contributed by atoms with Crippen LogP contribution in [0, 0.1) is 5.92 Å². The number of nitrogens with zero attached hydrogens (tertiary/aromatic N) is 2. The Bertz CT molecular complexity index is 171. The summed E-state index contributed by atoms with van der Waals surface area (Å²) in [6, 6.07) is 0. The van der Waals surface area contributed by atoms with Crippen LogP contribution in [0.4, 0.5) is 0 Å². The lowest BCUT2D eigenvalue weighted by atomic mass is 9.80. The van der Waals surface area contributed by atoms with E-state index in [9.17, 15) is 0 Å². The fraction of sp³-hybridized carbons (Fsp3) is 1.00. The molecule has 1 aliphatic carbocycles. The Labute approximate surface area is 66.5 Å². The molecule has 1 N–H and O–H groups in total. The molecule has 1 fully saturated rings. The molecule has 1 heterocycles. The Balaban J connectivity index is 1.94. The van der Waals surface area contributed by atoms with Crippen molar-refractivity contribution in [1.29, 1.82) is 0 Å². The van der Waals surface area contributed by atoms with Crippen molar-refractivity contribution in [3.05, 3.63) is 0 Å². The maximum atomic E-state index is 8.80. The number of rotatable bonds is 2. The van der Waals surface area contributed by atoms with Gasteiger partial charge in [0.15, 0.2) is 5.66 Å². The van der Waals surface area contributed by atoms with E-state index >= 15 is 0 Å². The van der Waals surface area contributed by atoms with Crippen LogP contribution in [-0.4, -0.2) is 17.4 Å². The van der Waals surface area contributed by atoms with E-state index in [4.69, 9.17) is 5.11 Å². The van der Waals surface area contributed by atoms with E-state index in [0.717, 1.165) is 12.8 Å². The molecule has 1 atom stereocenters. The normalized spacial score (nSPS) is 32.6. The molecule has 1 spiro atoms. The monoisotopic (exact) mass is 154 g/mol. The van der Waals surface area contributed by atoms with Crippen molar-refractivity contribution in [2.75, 3.05) is 6.61 Å². The highest BCUT2D eigenvalue weighted by Crippen LogP contribution is 2.47. The van der Waals surface area contributed by atoms with Gasteiger partial charge in [-0.05, 0) is 25.7 Å². The molecule has 1 saturated carbocycles. The summed E-state index contributed by atoms with van der Waals surface area (Å²) in [5.41, 5.74) is -0.0129. The minimum atomic E-state index is -0.0129. The number of hydrogen-bond donors (Lipinski definition) is 1. The van der Waals surface area contributed by atoms with Gasteiger partial charge in [0.2, 0.25) is 0 Å². The van der Waals surface area contributed by atoms with Crippen molar-refractivity contribution in [2.24, 2.45) is 16.1 Å². The Morgan fingerprint density at radius 2 is 2.18 bits per heavy atom. The second kappa shape index (κ2) is 2.55. The lowest BCUT2D eigenvalue weighted by Crippen LogP contribution is -2.28. The van der Waals surface area contributed by atoms with Gasteiger partial charge in [0.05, 0.1) is 0 Å². The average Bonchev–Trinajstić information content (AvgIpc) is 2.77. The van der Waals surface area contributed by atoms with E-state index < -0.39 is 0 Å². The zero-order valence-corrected chi connectivity index (χ0v) is 6.66. The number of aliphatic hydroxyl groups is 1. The molecule has 62 valence electrons. The third-order valence-corrected chi connectivity index (χ3v) is 2.84. The average molecular weight is 154 g/mol. The van der Waals surface area contributed by atoms with Gasteiger partial charge in [0.25, 0.3) is 0 Å². The van der Waals surface area contributed by atoms with Crippen LogP contribution in [0.5, 0.6) is 0 Å². The van der Waals surface area contributed by atoms with Crippen LogP contribution in [0.2, 0.25) is 0 Å². The predicted octanol–water partition coefficient (Wildman–Crippen LogP) is 1.72. The highest BCUT2D eigenvalue weighted by atomic mass is 16.3. The van der Waals surface area contributed by atoms with E-state index in [1.807, 2.05) is 0 Å². The molecular formula is C8H14N2O. The second-order valence-corrected chi connectivity index (χ2v) is 3.53. The standard InChI is InChI=1S/C8H14N2O/c11-6-4-7-3-1-2-5-8(7)9-10-8/h7,11H,1-6H2. The van der Waals surface area contributed by atoms with Crippen molar-refractivity contribution in [2.45, 2.75) is 37.8 Å². The van der Waals surface area contributed by atoms with Crippen molar-refractivity contribution >= 4 is 0 Å². The molecular weight excluding hydrogens is 140 g/mol. The summed E-state index contributed by atoms with van der Waals surface area (Å²) in [6.07, 6.45) is 5.75. The van der Waals surface area contributed by atoms with Gasteiger partial charge in [-0.15, -0.1) is 0 Å².